The second-order valence-electron chi connectivity index (χ2n) is 12.7. The number of amides is 2. The number of carbonyl (C=O) groups excluding carboxylic acids is 2. The van der Waals surface area contributed by atoms with Gasteiger partial charge in [-0.25, -0.2) is 0 Å². The highest BCUT2D eigenvalue weighted by Gasteiger charge is 2.28. The summed E-state index contributed by atoms with van der Waals surface area (Å²) in [6, 6.07) is 7.44. The zero-order valence-corrected chi connectivity index (χ0v) is 32.8. The summed E-state index contributed by atoms with van der Waals surface area (Å²) in [6.45, 7) is 6.16. The maximum Gasteiger partial charge on any atom is 0.270 e. The molecular weight excluding hydrogens is 768 g/mol. The first-order chi connectivity index (χ1) is 28.4. The van der Waals surface area contributed by atoms with Crippen LogP contribution in [0.4, 0.5) is 11.4 Å². The van der Waals surface area contributed by atoms with Crippen molar-refractivity contribution < 1.29 is 66.8 Å². The lowest BCUT2D eigenvalue weighted by molar-refractivity contribution is -0.385. The molecule has 2 aromatic rings. The molecule has 58 heavy (non-hydrogen) atoms. The normalized spacial score (nSPS) is 19.4. The number of hydrogen-bond acceptors (Lipinski definition) is 16. The molecule has 0 radical (unpaired) electrons. The molecule has 20 heteroatoms. The minimum absolute atomic E-state index is 0.0909. The highest BCUT2D eigenvalue weighted by molar-refractivity contribution is 6.07. The molecule has 2 amide bonds. The van der Waals surface area contributed by atoms with Crippen LogP contribution >= 0.6 is 0 Å². The van der Waals surface area contributed by atoms with Crippen molar-refractivity contribution in [3.63, 3.8) is 0 Å². The Hall–Kier alpha value is -4.22. The lowest BCUT2D eigenvalue weighted by Gasteiger charge is -2.26. The summed E-state index contributed by atoms with van der Waals surface area (Å²) < 4.78 is 55.9. The molecule has 4 rings (SSSR count). The third kappa shape index (κ3) is 16.6. The first-order valence-electron chi connectivity index (χ1n) is 19.3. The average Bonchev–Trinajstić information content (AvgIpc) is 3.22. The second-order valence-corrected chi connectivity index (χ2v) is 12.7. The van der Waals surface area contributed by atoms with Crippen molar-refractivity contribution in [2.45, 2.75) is 0 Å². The van der Waals surface area contributed by atoms with E-state index < -0.39 is 21.7 Å². The van der Waals surface area contributed by atoms with Gasteiger partial charge in [0.25, 0.3) is 23.2 Å². The van der Waals surface area contributed by atoms with E-state index in [0.29, 0.717) is 79.3 Å². The van der Waals surface area contributed by atoms with Crippen LogP contribution in [0.15, 0.2) is 36.4 Å². The molecule has 0 N–H and O–H groups in total. The van der Waals surface area contributed by atoms with E-state index >= 15 is 0 Å². The van der Waals surface area contributed by atoms with Gasteiger partial charge < -0.3 is 57.2 Å². The Bertz CT molecular complexity index is 1420. The largest absolute Gasteiger partial charge is 0.377 e. The fourth-order valence-corrected chi connectivity index (χ4v) is 5.75. The van der Waals surface area contributed by atoms with Crippen molar-refractivity contribution >= 4 is 23.2 Å². The van der Waals surface area contributed by atoms with Crippen molar-refractivity contribution in [3.8, 4) is 11.1 Å². The first-order valence-corrected chi connectivity index (χ1v) is 19.3. The Morgan fingerprint density at radius 3 is 0.845 bits per heavy atom. The summed E-state index contributed by atoms with van der Waals surface area (Å²) >= 11 is 0. The predicted molar refractivity (Wildman–Crippen MR) is 205 cm³/mol. The van der Waals surface area contributed by atoms with Crippen LogP contribution in [0.3, 0.4) is 0 Å². The molecule has 2 saturated heterocycles. The van der Waals surface area contributed by atoms with Gasteiger partial charge in [0.05, 0.1) is 153 Å². The van der Waals surface area contributed by atoms with Crippen LogP contribution in [-0.4, -0.2) is 190 Å². The lowest BCUT2D eigenvalue weighted by atomic mass is 9.93. The number of nitrogens with zero attached hydrogens (tertiary/aromatic N) is 4. The van der Waals surface area contributed by atoms with E-state index in [0.717, 1.165) is 12.1 Å². The fraction of sp³-hybridized carbons (Fsp3) is 0.632. The summed E-state index contributed by atoms with van der Waals surface area (Å²) in [4.78, 5) is 54.6. The molecule has 20 nitrogen and oxygen atoms in total. The quantitative estimate of drug-likeness (QED) is 0.312. The Kier molecular flexibility index (Phi) is 22.0. The smallest absolute Gasteiger partial charge is 0.270 e. The first kappa shape index (κ1) is 46.5. The van der Waals surface area contributed by atoms with Gasteiger partial charge in [-0.1, -0.05) is 0 Å². The van der Waals surface area contributed by atoms with Crippen LogP contribution in [-0.2, 0) is 47.4 Å². The van der Waals surface area contributed by atoms with Crippen molar-refractivity contribution in [3.05, 3.63) is 67.8 Å². The minimum Gasteiger partial charge on any atom is -0.377 e. The minimum atomic E-state index is -0.628. The van der Waals surface area contributed by atoms with Gasteiger partial charge in [0, 0.05) is 50.4 Å². The summed E-state index contributed by atoms with van der Waals surface area (Å²) in [7, 11) is 0. The molecule has 2 fully saturated rings. The molecule has 0 bridgehead atoms. The molecule has 2 heterocycles. The molecule has 0 saturated carbocycles. The summed E-state index contributed by atoms with van der Waals surface area (Å²) in [5.74, 6) is -1.20. The number of benzene rings is 2. The molecule has 2 aromatic carbocycles. The third-order valence-corrected chi connectivity index (χ3v) is 8.75. The zero-order chi connectivity index (χ0) is 41.2. The SMILES string of the molecule is O=C(c1cc([N+](=O)[O-])ccc1-c1ccc([N+](=O)[O-])cc1C(=O)N1CCOCCOCCOCCOCCOCC1)N1CCOCCOCCOCCOCCOCC1. The lowest BCUT2D eigenvalue weighted by Crippen LogP contribution is -2.38. The number of carbonyl (C=O) groups is 2. The van der Waals surface area contributed by atoms with E-state index in [2.05, 4.69) is 0 Å². The maximum absolute atomic E-state index is 14.5. The van der Waals surface area contributed by atoms with E-state index in [1.54, 1.807) is 0 Å². The number of non-ortho nitro benzene ring substituents is 2. The molecule has 2 aliphatic heterocycles. The Balaban J connectivity index is 1.64. The Morgan fingerprint density at radius 1 is 0.397 bits per heavy atom. The van der Waals surface area contributed by atoms with Crippen LogP contribution in [0, 0.1) is 20.2 Å². The van der Waals surface area contributed by atoms with Gasteiger partial charge in [0.1, 0.15) is 0 Å². The molecule has 322 valence electrons. The number of rotatable bonds is 5. The van der Waals surface area contributed by atoms with E-state index in [1.807, 2.05) is 0 Å². The van der Waals surface area contributed by atoms with Gasteiger partial charge in [0.15, 0.2) is 0 Å². The third-order valence-electron chi connectivity index (χ3n) is 8.75. The highest BCUT2D eigenvalue weighted by atomic mass is 16.6. The Labute approximate surface area is 336 Å². The van der Waals surface area contributed by atoms with E-state index in [4.69, 9.17) is 47.4 Å². The van der Waals surface area contributed by atoms with Gasteiger partial charge in [-0.2, -0.15) is 0 Å². The molecule has 0 unspecified atom stereocenters. The van der Waals surface area contributed by atoms with Crippen LogP contribution in [0.1, 0.15) is 20.7 Å². The van der Waals surface area contributed by atoms with Gasteiger partial charge in [0.2, 0.25) is 0 Å². The summed E-state index contributed by atoms with van der Waals surface area (Å²) in [5, 5.41) is 24.0. The molecule has 0 spiro atoms. The molecule has 0 aliphatic carbocycles. The number of hydrogen-bond donors (Lipinski definition) is 0. The molecule has 2 aliphatic rings. The van der Waals surface area contributed by atoms with Gasteiger partial charge >= 0.3 is 0 Å². The monoisotopic (exact) mass is 822 g/mol. The standard InChI is InChI=1S/C38H54N4O16/c43-37(39-5-9-49-13-17-53-21-25-57-26-22-54-18-14-50-10-6-39)35-29-31(41(45)46)1-3-33(35)34-4-2-32(42(47)48)30-36(34)38(44)40-7-11-51-15-19-55-23-27-58-28-24-56-20-16-52-12-8-40/h1-4,29-30H,5-28H2. The Morgan fingerprint density at radius 2 is 0.621 bits per heavy atom. The zero-order valence-electron chi connectivity index (χ0n) is 32.8. The van der Waals surface area contributed by atoms with Crippen LogP contribution in [0.25, 0.3) is 11.1 Å². The van der Waals surface area contributed by atoms with Crippen LogP contribution < -0.4 is 0 Å². The van der Waals surface area contributed by atoms with Crippen molar-refractivity contribution in [1.82, 2.24) is 9.80 Å². The van der Waals surface area contributed by atoms with E-state index in [9.17, 15) is 29.8 Å². The maximum atomic E-state index is 14.5. The average molecular weight is 823 g/mol. The van der Waals surface area contributed by atoms with Crippen LogP contribution in [0.2, 0.25) is 0 Å². The fourth-order valence-electron chi connectivity index (χ4n) is 5.75. The molecule has 0 aromatic heterocycles. The van der Waals surface area contributed by atoms with Crippen LogP contribution in [0.5, 0.6) is 0 Å². The summed E-state index contributed by atoms with van der Waals surface area (Å²) in [5.41, 5.74) is -0.601. The topological polar surface area (TPSA) is 219 Å². The molecule has 0 atom stereocenters. The summed E-state index contributed by atoms with van der Waals surface area (Å²) in [6.07, 6.45) is 0. The number of nitro groups is 2. The number of ether oxygens (including phenoxy) is 10. The predicted octanol–water partition coefficient (Wildman–Crippen LogP) is 2.25. The van der Waals surface area contributed by atoms with E-state index in [-0.39, 0.29) is 113 Å². The van der Waals surface area contributed by atoms with E-state index in [1.165, 1.54) is 34.1 Å². The van der Waals surface area contributed by atoms with Gasteiger partial charge in [-0.15, -0.1) is 0 Å². The molecular formula is C38H54N4O16. The second kappa shape index (κ2) is 27.5. The van der Waals surface area contributed by atoms with Crippen molar-refractivity contribution in [2.24, 2.45) is 0 Å². The highest BCUT2D eigenvalue weighted by Crippen LogP contribution is 2.34. The van der Waals surface area contributed by atoms with Crippen molar-refractivity contribution in [1.29, 1.82) is 0 Å². The van der Waals surface area contributed by atoms with Gasteiger partial charge in [-0.3, -0.25) is 29.8 Å². The number of nitro benzene ring substituents is 2. The van der Waals surface area contributed by atoms with Crippen molar-refractivity contribution in [2.75, 3.05) is 158 Å². The van der Waals surface area contributed by atoms with Gasteiger partial charge in [-0.05, 0) is 23.3 Å².